The highest BCUT2D eigenvalue weighted by Crippen LogP contribution is 2.19. The lowest BCUT2D eigenvalue weighted by atomic mass is 9.97. The summed E-state index contributed by atoms with van der Waals surface area (Å²) in [7, 11) is 0. The Morgan fingerprint density at radius 1 is 1.03 bits per heavy atom. The van der Waals surface area contributed by atoms with E-state index in [0.717, 1.165) is 25.7 Å². The fourth-order valence-electron chi connectivity index (χ4n) is 4.44. The second-order valence-electron chi connectivity index (χ2n) is 8.46. The molecule has 0 spiro atoms. The second-order valence-corrected chi connectivity index (χ2v) is 8.46. The molecule has 0 aliphatic carbocycles. The Labute approximate surface area is 179 Å². The Morgan fingerprint density at radius 3 is 2.40 bits per heavy atom. The summed E-state index contributed by atoms with van der Waals surface area (Å²) in [6, 6.07) is 9.99. The minimum atomic E-state index is -0.320. The van der Waals surface area contributed by atoms with Gasteiger partial charge >= 0.3 is 0 Å². The van der Waals surface area contributed by atoms with E-state index in [1.165, 1.54) is 5.56 Å². The maximum absolute atomic E-state index is 12.9. The van der Waals surface area contributed by atoms with E-state index in [9.17, 15) is 14.4 Å². The normalized spacial score (nSPS) is 21.3. The Balaban J connectivity index is 1.41. The summed E-state index contributed by atoms with van der Waals surface area (Å²) in [6.07, 6.45) is 3.91. The van der Waals surface area contributed by atoms with Crippen molar-refractivity contribution in [3.63, 3.8) is 0 Å². The number of carbonyl (C=O) groups is 3. The number of carbonyl (C=O) groups excluding carboxylic acids is 3. The molecule has 0 radical (unpaired) electrons. The van der Waals surface area contributed by atoms with Gasteiger partial charge in [-0.25, -0.2) is 0 Å². The minimum Gasteiger partial charge on any atom is -0.369 e. The van der Waals surface area contributed by atoms with Gasteiger partial charge in [0.1, 0.15) is 0 Å². The van der Waals surface area contributed by atoms with Crippen molar-refractivity contribution >= 4 is 17.7 Å². The third-order valence-corrected chi connectivity index (χ3v) is 6.41. The number of nitrogens with zero attached hydrogens (tertiary/aromatic N) is 3. The number of primary amides is 1. The Morgan fingerprint density at radius 2 is 1.73 bits per heavy atom. The number of aryl methyl sites for hydroxylation is 1. The molecule has 30 heavy (non-hydrogen) atoms. The molecule has 2 aliphatic heterocycles. The topological polar surface area (TPSA) is 86.9 Å². The predicted octanol–water partition coefficient (Wildman–Crippen LogP) is 1.27. The first-order chi connectivity index (χ1) is 14.5. The first kappa shape index (κ1) is 22.3. The van der Waals surface area contributed by atoms with Crippen LogP contribution in [0.1, 0.15) is 38.2 Å². The van der Waals surface area contributed by atoms with Gasteiger partial charge in [-0.3, -0.25) is 19.3 Å². The second kappa shape index (κ2) is 10.6. The molecule has 164 valence electrons. The van der Waals surface area contributed by atoms with E-state index in [-0.39, 0.29) is 29.7 Å². The van der Waals surface area contributed by atoms with E-state index in [1.807, 2.05) is 30.0 Å². The van der Waals surface area contributed by atoms with Crippen molar-refractivity contribution in [1.82, 2.24) is 14.7 Å². The van der Waals surface area contributed by atoms with Gasteiger partial charge in [-0.15, -0.1) is 0 Å². The lowest BCUT2D eigenvalue weighted by Gasteiger charge is -2.40. The van der Waals surface area contributed by atoms with Gasteiger partial charge in [-0.05, 0) is 38.2 Å². The van der Waals surface area contributed by atoms with E-state index < -0.39 is 0 Å². The molecule has 7 nitrogen and oxygen atoms in total. The standard InChI is InChI=1S/C23H34N4O3/c1-18(23(30)27-12-6-10-20(17-27)22(24)29)25-13-15-26(16-14-25)21(28)11-5-9-19-7-3-2-4-8-19/h2-4,7-8,18,20H,5-6,9-17H2,1H3,(H2,24,29). The molecule has 2 fully saturated rings. The van der Waals surface area contributed by atoms with Gasteiger partial charge in [0.2, 0.25) is 17.7 Å². The van der Waals surface area contributed by atoms with Gasteiger partial charge < -0.3 is 15.5 Å². The van der Waals surface area contributed by atoms with E-state index in [0.29, 0.717) is 45.7 Å². The van der Waals surface area contributed by atoms with Crippen LogP contribution < -0.4 is 5.73 Å². The molecule has 2 saturated heterocycles. The SMILES string of the molecule is CC(C(=O)N1CCCC(C(N)=O)C1)N1CCN(C(=O)CCCc2ccccc2)CC1. The minimum absolute atomic E-state index is 0.0589. The molecule has 0 bridgehead atoms. The van der Waals surface area contributed by atoms with Crippen LogP contribution >= 0.6 is 0 Å². The molecule has 0 saturated carbocycles. The Kier molecular flexibility index (Phi) is 7.85. The number of piperidine rings is 1. The van der Waals surface area contributed by atoms with Crippen LogP contribution in [0.2, 0.25) is 0 Å². The molecule has 3 rings (SSSR count). The summed E-state index contributed by atoms with van der Waals surface area (Å²) >= 11 is 0. The van der Waals surface area contributed by atoms with Crippen molar-refractivity contribution < 1.29 is 14.4 Å². The summed E-state index contributed by atoms with van der Waals surface area (Å²) in [5, 5.41) is 0. The van der Waals surface area contributed by atoms with Crippen LogP contribution in [-0.2, 0) is 20.8 Å². The molecule has 2 N–H and O–H groups in total. The first-order valence-electron chi connectivity index (χ1n) is 11.1. The lowest BCUT2D eigenvalue weighted by molar-refractivity contribution is -0.141. The van der Waals surface area contributed by atoms with Crippen LogP contribution in [0.5, 0.6) is 0 Å². The number of hydrogen-bond donors (Lipinski definition) is 1. The maximum Gasteiger partial charge on any atom is 0.239 e. The summed E-state index contributed by atoms with van der Waals surface area (Å²) < 4.78 is 0. The number of benzene rings is 1. The molecule has 7 heteroatoms. The maximum atomic E-state index is 12.9. The van der Waals surface area contributed by atoms with Crippen molar-refractivity contribution in [2.24, 2.45) is 11.7 Å². The predicted molar refractivity (Wildman–Crippen MR) is 115 cm³/mol. The molecule has 0 aromatic heterocycles. The molecule has 3 amide bonds. The van der Waals surface area contributed by atoms with Crippen molar-refractivity contribution in [1.29, 1.82) is 0 Å². The van der Waals surface area contributed by atoms with Crippen LogP contribution in [0.25, 0.3) is 0 Å². The van der Waals surface area contributed by atoms with E-state index in [4.69, 9.17) is 5.73 Å². The summed E-state index contributed by atoms with van der Waals surface area (Å²) in [6.45, 7) is 5.75. The monoisotopic (exact) mass is 414 g/mol. The quantitative estimate of drug-likeness (QED) is 0.728. The number of amides is 3. The van der Waals surface area contributed by atoms with Crippen molar-refractivity contribution in [3.8, 4) is 0 Å². The van der Waals surface area contributed by atoms with Crippen molar-refractivity contribution in [2.45, 2.75) is 45.1 Å². The number of rotatable bonds is 7. The molecule has 1 aromatic rings. The average molecular weight is 415 g/mol. The van der Waals surface area contributed by atoms with E-state index in [2.05, 4.69) is 17.0 Å². The largest absolute Gasteiger partial charge is 0.369 e. The zero-order valence-corrected chi connectivity index (χ0v) is 18.0. The van der Waals surface area contributed by atoms with Crippen LogP contribution in [-0.4, -0.2) is 77.7 Å². The smallest absolute Gasteiger partial charge is 0.239 e. The number of nitrogens with two attached hydrogens (primary N) is 1. The van der Waals surface area contributed by atoms with Gasteiger partial charge in [-0.1, -0.05) is 30.3 Å². The lowest BCUT2D eigenvalue weighted by Crippen LogP contribution is -2.56. The highest BCUT2D eigenvalue weighted by Gasteiger charge is 2.33. The average Bonchev–Trinajstić information content (AvgIpc) is 2.79. The Hall–Kier alpha value is -2.41. The fraction of sp³-hybridized carbons (Fsp3) is 0.609. The fourth-order valence-corrected chi connectivity index (χ4v) is 4.44. The van der Waals surface area contributed by atoms with Gasteiger partial charge in [0.25, 0.3) is 0 Å². The third kappa shape index (κ3) is 5.81. The molecule has 2 unspecified atom stereocenters. The van der Waals surface area contributed by atoms with Crippen molar-refractivity contribution in [2.75, 3.05) is 39.3 Å². The molecule has 2 heterocycles. The summed E-state index contributed by atoms with van der Waals surface area (Å²) in [5.41, 5.74) is 6.70. The molecular formula is C23H34N4O3. The zero-order chi connectivity index (χ0) is 21.5. The van der Waals surface area contributed by atoms with Gasteiger partial charge in [0.05, 0.1) is 12.0 Å². The van der Waals surface area contributed by atoms with E-state index in [1.54, 1.807) is 4.90 Å². The molecular weight excluding hydrogens is 380 g/mol. The van der Waals surface area contributed by atoms with Gasteiger partial charge in [-0.2, -0.15) is 0 Å². The van der Waals surface area contributed by atoms with Crippen LogP contribution in [0.15, 0.2) is 30.3 Å². The zero-order valence-electron chi connectivity index (χ0n) is 18.0. The van der Waals surface area contributed by atoms with Crippen LogP contribution in [0.4, 0.5) is 0 Å². The van der Waals surface area contributed by atoms with Crippen molar-refractivity contribution in [3.05, 3.63) is 35.9 Å². The van der Waals surface area contributed by atoms with Crippen LogP contribution in [0.3, 0.4) is 0 Å². The number of hydrogen-bond acceptors (Lipinski definition) is 4. The number of piperazine rings is 1. The highest BCUT2D eigenvalue weighted by atomic mass is 16.2. The number of likely N-dealkylation sites (tertiary alicyclic amines) is 1. The highest BCUT2D eigenvalue weighted by molar-refractivity contribution is 5.83. The molecule has 1 aromatic carbocycles. The third-order valence-electron chi connectivity index (χ3n) is 6.41. The molecule has 2 aliphatic rings. The van der Waals surface area contributed by atoms with Gasteiger partial charge in [0.15, 0.2) is 0 Å². The summed E-state index contributed by atoms with van der Waals surface area (Å²) in [5.74, 6) is -0.298. The molecule has 2 atom stereocenters. The first-order valence-corrected chi connectivity index (χ1v) is 11.1. The Bertz CT molecular complexity index is 731. The van der Waals surface area contributed by atoms with E-state index >= 15 is 0 Å². The van der Waals surface area contributed by atoms with Crippen LogP contribution in [0, 0.1) is 5.92 Å². The van der Waals surface area contributed by atoms with Gasteiger partial charge in [0, 0.05) is 45.7 Å². The summed E-state index contributed by atoms with van der Waals surface area (Å²) in [4.78, 5) is 42.8.